The quantitative estimate of drug-likeness (QED) is 0.662. The molecule has 146 valence electrons. The maximum Gasteiger partial charge on any atom is 0.134 e. The second kappa shape index (κ2) is 8.24. The summed E-state index contributed by atoms with van der Waals surface area (Å²) in [7, 11) is 0. The third-order valence-electron chi connectivity index (χ3n) is 4.92. The summed E-state index contributed by atoms with van der Waals surface area (Å²) < 4.78 is 0. The second-order valence-corrected chi connectivity index (χ2v) is 7.73. The Morgan fingerprint density at radius 3 is 2.86 bits per heavy atom. The monoisotopic (exact) mass is 424 g/mol. The molecule has 0 saturated heterocycles. The van der Waals surface area contributed by atoms with Crippen molar-refractivity contribution in [2.45, 2.75) is 26.4 Å². The van der Waals surface area contributed by atoms with E-state index in [1.54, 1.807) is 18.6 Å². The van der Waals surface area contributed by atoms with Gasteiger partial charge in [-0.05, 0) is 30.7 Å². The fourth-order valence-corrected chi connectivity index (χ4v) is 3.90. The summed E-state index contributed by atoms with van der Waals surface area (Å²) in [6, 6.07) is 9.93. The number of pyridine rings is 1. The van der Waals surface area contributed by atoms with Gasteiger partial charge in [-0.1, -0.05) is 29.3 Å². The lowest BCUT2D eigenvalue weighted by Crippen LogP contribution is -2.32. The summed E-state index contributed by atoms with van der Waals surface area (Å²) in [6.07, 6.45) is 3.92. The summed E-state index contributed by atoms with van der Waals surface area (Å²) >= 11 is 12.2. The van der Waals surface area contributed by atoms with Crippen LogP contribution in [-0.2, 0) is 19.5 Å². The van der Waals surface area contributed by atoms with Crippen LogP contribution in [0.3, 0.4) is 0 Å². The first-order chi connectivity index (χ1) is 14.0. The number of benzene rings is 1. The molecular formula is C21H18Cl2N6. The number of nitrogens with zero attached hydrogens (tertiary/aromatic N) is 5. The number of nitriles is 1. The van der Waals surface area contributed by atoms with Crippen LogP contribution in [0, 0.1) is 18.3 Å². The van der Waals surface area contributed by atoms with Crippen LogP contribution in [-0.4, -0.2) is 21.5 Å². The van der Waals surface area contributed by atoms with Gasteiger partial charge in [0.15, 0.2) is 0 Å². The van der Waals surface area contributed by atoms with Crippen molar-refractivity contribution >= 4 is 34.7 Å². The highest BCUT2D eigenvalue weighted by Crippen LogP contribution is 2.30. The van der Waals surface area contributed by atoms with Crippen molar-refractivity contribution in [2.75, 3.05) is 16.8 Å². The molecule has 0 amide bonds. The van der Waals surface area contributed by atoms with E-state index >= 15 is 0 Å². The highest BCUT2D eigenvalue weighted by Gasteiger charge is 2.23. The van der Waals surface area contributed by atoms with E-state index in [9.17, 15) is 5.26 Å². The second-order valence-electron chi connectivity index (χ2n) is 6.89. The van der Waals surface area contributed by atoms with Crippen molar-refractivity contribution in [3.05, 3.63) is 74.9 Å². The highest BCUT2D eigenvalue weighted by atomic mass is 35.5. The number of halogens is 2. The van der Waals surface area contributed by atoms with Gasteiger partial charge < -0.3 is 10.2 Å². The molecule has 0 spiro atoms. The van der Waals surface area contributed by atoms with Gasteiger partial charge in [-0.15, -0.1) is 0 Å². The predicted octanol–water partition coefficient (Wildman–Crippen LogP) is 4.53. The molecule has 1 N–H and O–H groups in total. The maximum atomic E-state index is 9.54. The van der Waals surface area contributed by atoms with Crippen molar-refractivity contribution in [3.8, 4) is 6.07 Å². The Morgan fingerprint density at radius 1 is 1.21 bits per heavy atom. The molecule has 0 atom stereocenters. The molecule has 0 aliphatic carbocycles. The van der Waals surface area contributed by atoms with Gasteiger partial charge in [0.05, 0.1) is 39.2 Å². The average Bonchev–Trinajstić information content (AvgIpc) is 2.72. The van der Waals surface area contributed by atoms with Gasteiger partial charge in [0.1, 0.15) is 18.2 Å². The zero-order valence-electron chi connectivity index (χ0n) is 15.8. The molecule has 3 aromatic rings. The Balaban J connectivity index is 1.59. The molecule has 0 bridgehead atoms. The first-order valence-corrected chi connectivity index (χ1v) is 9.93. The van der Waals surface area contributed by atoms with Crippen molar-refractivity contribution in [3.63, 3.8) is 0 Å². The SMILES string of the molecule is Cc1ccc(N2CCc3ncnc(NCc4ncc(Cl)cc4Cl)c3C2)c(C#N)c1. The predicted molar refractivity (Wildman–Crippen MR) is 114 cm³/mol. The van der Waals surface area contributed by atoms with Crippen molar-refractivity contribution in [1.29, 1.82) is 5.26 Å². The van der Waals surface area contributed by atoms with Crippen LogP contribution in [0.1, 0.15) is 28.1 Å². The lowest BCUT2D eigenvalue weighted by molar-refractivity contribution is 0.705. The molecule has 0 saturated carbocycles. The van der Waals surface area contributed by atoms with E-state index in [1.807, 2.05) is 25.1 Å². The molecule has 29 heavy (non-hydrogen) atoms. The lowest BCUT2D eigenvalue weighted by atomic mass is 10.0. The standard InChI is InChI=1S/C21H18Cl2N6/c1-13-2-3-20(14(6-13)8-24)29-5-4-18-16(11-29)21(28-12-27-18)26-10-19-17(23)7-15(22)9-25-19/h2-3,6-7,9,12H,4-5,10-11H2,1H3,(H,26,27,28). The molecule has 0 fully saturated rings. The zero-order chi connectivity index (χ0) is 20.4. The van der Waals surface area contributed by atoms with Gasteiger partial charge in [-0.2, -0.15) is 5.26 Å². The minimum Gasteiger partial charge on any atom is -0.366 e. The number of hydrogen-bond acceptors (Lipinski definition) is 6. The molecule has 1 aliphatic heterocycles. The molecule has 8 heteroatoms. The zero-order valence-corrected chi connectivity index (χ0v) is 17.3. The van der Waals surface area contributed by atoms with E-state index in [0.717, 1.165) is 41.3 Å². The van der Waals surface area contributed by atoms with Crippen LogP contribution < -0.4 is 10.2 Å². The van der Waals surface area contributed by atoms with Crippen LogP contribution >= 0.6 is 23.2 Å². The molecule has 4 rings (SSSR count). The topological polar surface area (TPSA) is 77.7 Å². The van der Waals surface area contributed by atoms with Gasteiger partial charge in [-0.3, -0.25) is 4.98 Å². The number of aryl methyl sites for hydroxylation is 1. The Labute approximate surface area is 179 Å². The van der Waals surface area contributed by atoms with Crippen LogP contribution in [0.5, 0.6) is 0 Å². The molecule has 0 unspecified atom stereocenters. The van der Waals surface area contributed by atoms with E-state index in [0.29, 0.717) is 34.4 Å². The summed E-state index contributed by atoms with van der Waals surface area (Å²) in [5.41, 5.74) is 5.41. The average molecular weight is 425 g/mol. The molecule has 1 aromatic carbocycles. The minimum atomic E-state index is 0.424. The number of anilines is 2. The highest BCUT2D eigenvalue weighted by molar-refractivity contribution is 6.34. The van der Waals surface area contributed by atoms with E-state index in [1.165, 1.54) is 0 Å². The summed E-state index contributed by atoms with van der Waals surface area (Å²) in [5, 5.41) is 13.9. The van der Waals surface area contributed by atoms with Crippen molar-refractivity contribution in [1.82, 2.24) is 15.0 Å². The van der Waals surface area contributed by atoms with Crippen molar-refractivity contribution in [2.24, 2.45) is 0 Å². The van der Waals surface area contributed by atoms with E-state index in [-0.39, 0.29) is 0 Å². The summed E-state index contributed by atoms with van der Waals surface area (Å²) in [4.78, 5) is 15.4. The molecule has 6 nitrogen and oxygen atoms in total. The van der Waals surface area contributed by atoms with Crippen LogP contribution in [0.25, 0.3) is 0 Å². The van der Waals surface area contributed by atoms with Crippen LogP contribution in [0.4, 0.5) is 11.5 Å². The van der Waals surface area contributed by atoms with Gasteiger partial charge in [-0.25, -0.2) is 9.97 Å². The largest absolute Gasteiger partial charge is 0.366 e. The number of rotatable bonds is 4. The third kappa shape index (κ3) is 4.12. The smallest absolute Gasteiger partial charge is 0.134 e. The third-order valence-corrected chi connectivity index (χ3v) is 5.46. The minimum absolute atomic E-state index is 0.424. The number of nitrogens with one attached hydrogen (secondary N) is 1. The van der Waals surface area contributed by atoms with Gasteiger partial charge in [0, 0.05) is 31.3 Å². The summed E-state index contributed by atoms with van der Waals surface area (Å²) in [5.74, 6) is 0.748. The Kier molecular flexibility index (Phi) is 5.52. The Bertz CT molecular complexity index is 1110. The maximum absolute atomic E-state index is 9.54. The van der Waals surface area contributed by atoms with Crippen molar-refractivity contribution < 1.29 is 0 Å². The number of hydrogen-bond donors (Lipinski definition) is 1. The lowest BCUT2D eigenvalue weighted by Gasteiger charge is -2.31. The van der Waals surface area contributed by atoms with E-state index < -0.39 is 0 Å². The number of aromatic nitrogens is 3. The van der Waals surface area contributed by atoms with E-state index in [2.05, 4.69) is 31.2 Å². The Hall–Kier alpha value is -2.88. The molecule has 3 heterocycles. The molecule has 1 aliphatic rings. The fourth-order valence-electron chi connectivity index (χ4n) is 3.45. The van der Waals surface area contributed by atoms with Crippen LogP contribution in [0.15, 0.2) is 36.8 Å². The van der Waals surface area contributed by atoms with Crippen LogP contribution in [0.2, 0.25) is 10.0 Å². The fraction of sp³-hybridized carbons (Fsp3) is 0.238. The Morgan fingerprint density at radius 2 is 2.07 bits per heavy atom. The molecular weight excluding hydrogens is 407 g/mol. The van der Waals surface area contributed by atoms with Gasteiger partial charge in [0.2, 0.25) is 0 Å². The first kappa shape index (κ1) is 19.4. The molecule has 0 radical (unpaired) electrons. The molecule has 2 aromatic heterocycles. The normalized spacial score (nSPS) is 13.0. The summed E-state index contributed by atoms with van der Waals surface area (Å²) in [6.45, 7) is 3.83. The van der Waals surface area contributed by atoms with E-state index in [4.69, 9.17) is 23.2 Å². The number of fused-ring (bicyclic) bond motifs is 1. The van der Waals surface area contributed by atoms with Gasteiger partial charge >= 0.3 is 0 Å². The first-order valence-electron chi connectivity index (χ1n) is 9.17. The van der Waals surface area contributed by atoms with Gasteiger partial charge in [0.25, 0.3) is 0 Å².